The Labute approximate surface area is 140 Å². The molecule has 0 bridgehead atoms. The molecule has 2 heteroatoms. The normalized spacial score (nSPS) is 36.6. The molecule has 22 heavy (non-hydrogen) atoms. The van der Waals surface area contributed by atoms with E-state index in [-0.39, 0.29) is 0 Å². The van der Waals surface area contributed by atoms with E-state index in [0.717, 1.165) is 23.8 Å². The standard InChI is InChI=1S/C20H31NS/c1-4-16-11-8-12-18-14(2)13-19(21-20(16)18)22-15(3)17-9-6-5-7-10-17/h5-7,9-10,14-16,18-21H,4,8,11-13H2,1-3H3. The van der Waals surface area contributed by atoms with E-state index in [1.54, 1.807) is 0 Å². The van der Waals surface area contributed by atoms with Crippen LogP contribution < -0.4 is 5.32 Å². The van der Waals surface area contributed by atoms with Gasteiger partial charge in [-0.3, -0.25) is 0 Å². The van der Waals surface area contributed by atoms with Crippen LogP contribution in [0, 0.1) is 17.8 Å². The maximum Gasteiger partial charge on any atom is 0.0543 e. The second kappa shape index (κ2) is 7.40. The van der Waals surface area contributed by atoms with E-state index in [1.165, 1.54) is 37.7 Å². The summed E-state index contributed by atoms with van der Waals surface area (Å²) in [6.07, 6.45) is 7.00. The summed E-state index contributed by atoms with van der Waals surface area (Å²) in [5.74, 6) is 2.69. The summed E-state index contributed by atoms with van der Waals surface area (Å²) in [6.45, 7) is 7.23. The van der Waals surface area contributed by atoms with Gasteiger partial charge in [0.05, 0.1) is 5.37 Å². The minimum absolute atomic E-state index is 0.575. The van der Waals surface area contributed by atoms with Crippen molar-refractivity contribution in [2.75, 3.05) is 0 Å². The van der Waals surface area contributed by atoms with Crippen LogP contribution in [0.25, 0.3) is 0 Å². The van der Waals surface area contributed by atoms with Gasteiger partial charge in [0.25, 0.3) is 0 Å². The topological polar surface area (TPSA) is 12.0 Å². The third kappa shape index (κ3) is 3.54. The Morgan fingerprint density at radius 1 is 1.23 bits per heavy atom. The maximum atomic E-state index is 4.05. The van der Waals surface area contributed by atoms with Crippen molar-refractivity contribution < 1.29 is 0 Å². The van der Waals surface area contributed by atoms with Crippen LogP contribution in [0.3, 0.4) is 0 Å². The Balaban J connectivity index is 1.65. The molecule has 1 aromatic carbocycles. The predicted octanol–water partition coefficient (Wildman–Crippen LogP) is 5.63. The van der Waals surface area contributed by atoms with Crippen LogP contribution in [0.15, 0.2) is 30.3 Å². The highest BCUT2D eigenvalue weighted by molar-refractivity contribution is 8.00. The molecule has 0 radical (unpaired) electrons. The molecule has 0 aromatic heterocycles. The molecular weight excluding hydrogens is 286 g/mol. The van der Waals surface area contributed by atoms with Crippen molar-refractivity contribution in [1.82, 2.24) is 5.32 Å². The molecule has 122 valence electrons. The molecular formula is C20H31NS. The Morgan fingerprint density at radius 3 is 2.73 bits per heavy atom. The zero-order valence-electron chi connectivity index (χ0n) is 14.3. The molecule has 0 spiro atoms. The van der Waals surface area contributed by atoms with Crippen molar-refractivity contribution in [2.24, 2.45) is 17.8 Å². The first-order valence-electron chi connectivity index (χ1n) is 9.15. The predicted molar refractivity (Wildman–Crippen MR) is 98.1 cm³/mol. The highest BCUT2D eigenvalue weighted by Crippen LogP contribution is 2.44. The van der Waals surface area contributed by atoms with E-state index < -0.39 is 0 Å². The third-order valence-corrected chi connectivity index (χ3v) is 7.28. The summed E-state index contributed by atoms with van der Waals surface area (Å²) in [5, 5.41) is 5.25. The highest BCUT2D eigenvalue weighted by Gasteiger charge is 2.41. The van der Waals surface area contributed by atoms with Crippen LogP contribution >= 0.6 is 11.8 Å². The minimum atomic E-state index is 0.575. The summed E-state index contributed by atoms with van der Waals surface area (Å²) in [5.41, 5.74) is 1.46. The van der Waals surface area contributed by atoms with Crippen LogP contribution in [0.2, 0.25) is 0 Å². The fourth-order valence-electron chi connectivity index (χ4n) is 4.62. The lowest BCUT2D eigenvalue weighted by atomic mass is 9.68. The van der Waals surface area contributed by atoms with Gasteiger partial charge in [0.2, 0.25) is 0 Å². The van der Waals surface area contributed by atoms with Crippen LogP contribution in [-0.2, 0) is 0 Å². The van der Waals surface area contributed by atoms with Gasteiger partial charge in [0.1, 0.15) is 0 Å². The first kappa shape index (κ1) is 16.4. The number of fused-ring (bicyclic) bond motifs is 1. The Hall–Kier alpha value is -0.470. The third-order valence-electron chi connectivity index (χ3n) is 5.94. The van der Waals surface area contributed by atoms with Gasteiger partial charge in [-0.15, -0.1) is 11.8 Å². The molecule has 2 fully saturated rings. The van der Waals surface area contributed by atoms with Gasteiger partial charge in [-0.05, 0) is 49.5 Å². The molecule has 1 heterocycles. The lowest BCUT2D eigenvalue weighted by Crippen LogP contribution is -2.54. The summed E-state index contributed by atoms with van der Waals surface area (Å²) in [6, 6.07) is 11.7. The first-order valence-corrected chi connectivity index (χ1v) is 10.1. The van der Waals surface area contributed by atoms with Crippen LogP contribution in [-0.4, -0.2) is 11.4 Å². The van der Waals surface area contributed by atoms with Gasteiger partial charge in [-0.25, -0.2) is 0 Å². The quantitative estimate of drug-likeness (QED) is 0.772. The minimum Gasteiger partial charge on any atom is -0.302 e. The zero-order valence-corrected chi connectivity index (χ0v) is 15.1. The fourth-order valence-corrected chi connectivity index (χ4v) is 6.08. The van der Waals surface area contributed by atoms with Gasteiger partial charge in [-0.2, -0.15) is 0 Å². The Kier molecular flexibility index (Phi) is 5.51. The van der Waals surface area contributed by atoms with Gasteiger partial charge in [0, 0.05) is 11.3 Å². The molecule has 1 N–H and O–H groups in total. The molecule has 6 atom stereocenters. The number of rotatable bonds is 4. The number of thioether (sulfide) groups is 1. The largest absolute Gasteiger partial charge is 0.302 e. The molecule has 1 aliphatic heterocycles. The highest BCUT2D eigenvalue weighted by atomic mass is 32.2. The van der Waals surface area contributed by atoms with E-state index in [2.05, 4.69) is 68.2 Å². The van der Waals surface area contributed by atoms with Gasteiger partial charge in [0.15, 0.2) is 0 Å². The molecule has 1 aromatic rings. The number of benzene rings is 1. The maximum absolute atomic E-state index is 4.05. The van der Waals surface area contributed by atoms with E-state index >= 15 is 0 Å². The average molecular weight is 318 g/mol. The van der Waals surface area contributed by atoms with Gasteiger partial charge >= 0.3 is 0 Å². The van der Waals surface area contributed by atoms with E-state index in [1.807, 2.05) is 0 Å². The molecule has 1 saturated carbocycles. The monoisotopic (exact) mass is 317 g/mol. The molecule has 1 nitrogen and oxygen atoms in total. The first-order chi connectivity index (χ1) is 10.7. The molecule has 2 aliphatic rings. The number of nitrogens with one attached hydrogen (secondary N) is 1. The van der Waals surface area contributed by atoms with Gasteiger partial charge < -0.3 is 5.32 Å². The number of hydrogen-bond donors (Lipinski definition) is 1. The van der Waals surface area contributed by atoms with Crippen molar-refractivity contribution in [3.63, 3.8) is 0 Å². The second-order valence-electron chi connectivity index (χ2n) is 7.35. The smallest absolute Gasteiger partial charge is 0.0543 e. The SMILES string of the molecule is CCC1CCCC2C(C)CC(SC(C)c3ccccc3)NC12. The Morgan fingerprint density at radius 2 is 2.00 bits per heavy atom. The van der Waals surface area contributed by atoms with Crippen molar-refractivity contribution >= 4 is 11.8 Å². The molecule has 1 saturated heterocycles. The zero-order chi connectivity index (χ0) is 15.5. The van der Waals surface area contributed by atoms with Crippen LogP contribution in [0.1, 0.15) is 63.7 Å². The second-order valence-corrected chi connectivity index (χ2v) is 8.89. The van der Waals surface area contributed by atoms with E-state index in [4.69, 9.17) is 0 Å². The van der Waals surface area contributed by atoms with Crippen LogP contribution in [0.4, 0.5) is 0 Å². The van der Waals surface area contributed by atoms with Crippen molar-refractivity contribution in [3.05, 3.63) is 35.9 Å². The molecule has 3 rings (SSSR count). The summed E-state index contributed by atoms with van der Waals surface area (Å²) >= 11 is 2.13. The van der Waals surface area contributed by atoms with Crippen LogP contribution in [0.5, 0.6) is 0 Å². The summed E-state index contributed by atoms with van der Waals surface area (Å²) < 4.78 is 0. The Bertz CT molecular complexity index is 460. The lowest BCUT2D eigenvalue weighted by molar-refractivity contribution is 0.0920. The van der Waals surface area contributed by atoms with Crippen molar-refractivity contribution in [1.29, 1.82) is 0 Å². The number of hydrogen-bond acceptors (Lipinski definition) is 2. The molecule has 0 amide bonds. The fraction of sp³-hybridized carbons (Fsp3) is 0.700. The lowest BCUT2D eigenvalue weighted by Gasteiger charge is -2.48. The van der Waals surface area contributed by atoms with Crippen molar-refractivity contribution in [2.45, 2.75) is 69.5 Å². The molecule has 1 aliphatic carbocycles. The average Bonchev–Trinajstić information content (AvgIpc) is 2.55. The summed E-state index contributed by atoms with van der Waals surface area (Å²) in [7, 11) is 0. The van der Waals surface area contributed by atoms with E-state index in [9.17, 15) is 0 Å². The van der Waals surface area contributed by atoms with Crippen molar-refractivity contribution in [3.8, 4) is 0 Å². The van der Waals surface area contributed by atoms with Gasteiger partial charge in [-0.1, -0.05) is 57.0 Å². The molecule has 6 unspecified atom stereocenters. The summed E-state index contributed by atoms with van der Waals surface area (Å²) in [4.78, 5) is 0. The van der Waals surface area contributed by atoms with E-state index in [0.29, 0.717) is 10.6 Å². The number of piperidine rings is 1.